The van der Waals surface area contributed by atoms with Gasteiger partial charge in [0, 0.05) is 12.8 Å². The normalized spacial score (nSPS) is 13.8. The van der Waals surface area contributed by atoms with Gasteiger partial charge in [-0.25, -0.2) is 4.57 Å². The summed E-state index contributed by atoms with van der Waals surface area (Å²) in [4.78, 5) is 42.8. The van der Waals surface area contributed by atoms with Crippen LogP contribution in [0.3, 0.4) is 0 Å². The van der Waals surface area contributed by atoms with Crippen LogP contribution in [0.25, 0.3) is 0 Å². The SMILES string of the molecule is CC/C=C\C/C=C\CC(O)/C=C/C=C\C/C=C\C/C=C\CCC(=O)OC[C@H](COP(=O)(O)O)OC(=O)CCCCCCCCCCCCCCCCCCC. The Morgan fingerprint density at radius 1 is 0.582 bits per heavy atom. The first-order valence-electron chi connectivity index (χ1n) is 21.3. The molecule has 10 heteroatoms. The highest BCUT2D eigenvalue weighted by Crippen LogP contribution is 2.36. The molecule has 0 aliphatic rings. The highest BCUT2D eigenvalue weighted by Gasteiger charge is 2.22. The number of phosphoric acid groups is 1. The van der Waals surface area contributed by atoms with E-state index in [0.717, 1.165) is 38.5 Å². The van der Waals surface area contributed by atoms with E-state index in [-0.39, 0.29) is 19.4 Å². The number of aliphatic hydroxyl groups excluding tert-OH is 1. The third-order valence-electron chi connectivity index (χ3n) is 8.83. The Morgan fingerprint density at radius 3 is 1.65 bits per heavy atom. The van der Waals surface area contributed by atoms with E-state index in [1.807, 2.05) is 48.6 Å². The summed E-state index contributed by atoms with van der Waals surface area (Å²) in [5.74, 6) is -1.01. The number of hydrogen-bond acceptors (Lipinski definition) is 7. The number of carbonyl (C=O) groups excluding carboxylic acids is 2. The third kappa shape index (κ3) is 42.4. The molecule has 0 spiro atoms. The van der Waals surface area contributed by atoms with Crippen molar-refractivity contribution in [2.75, 3.05) is 13.2 Å². The summed E-state index contributed by atoms with van der Waals surface area (Å²) in [7, 11) is -4.78. The van der Waals surface area contributed by atoms with Crippen molar-refractivity contribution in [3.8, 4) is 0 Å². The minimum Gasteiger partial charge on any atom is -0.462 e. The highest BCUT2D eigenvalue weighted by molar-refractivity contribution is 7.46. The van der Waals surface area contributed by atoms with Crippen molar-refractivity contribution in [1.29, 1.82) is 0 Å². The molecule has 1 unspecified atom stereocenters. The fraction of sp³-hybridized carbons (Fsp3) is 0.689. The van der Waals surface area contributed by atoms with Gasteiger partial charge < -0.3 is 24.4 Å². The molecule has 0 fully saturated rings. The van der Waals surface area contributed by atoms with Crippen LogP contribution in [-0.4, -0.2) is 52.3 Å². The largest absolute Gasteiger partial charge is 0.469 e. The molecule has 2 atom stereocenters. The maximum Gasteiger partial charge on any atom is 0.469 e. The van der Waals surface area contributed by atoms with Crippen LogP contribution in [-0.2, 0) is 28.2 Å². The van der Waals surface area contributed by atoms with Gasteiger partial charge in [0.25, 0.3) is 0 Å². The van der Waals surface area contributed by atoms with Gasteiger partial charge in [-0.2, -0.15) is 0 Å². The fourth-order valence-corrected chi connectivity index (χ4v) is 6.02. The van der Waals surface area contributed by atoms with Crippen molar-refractivity contribution in [1.82, 2.24) is 0 Å². The van der Waals surface area contributed by atoms with Crippen molar-refractivity contribution < 1.29 is 43.0 Å². The summed E-state index contributed by atoms with van der Waals surface area (Å²) >= 11 is 0. The van der Waals surface area contributed by atoms with Gasteiger partial charge in [0.05, 0.1) is 12.7 Å². The van der Waals surface area contributed by atoms with Crippen LogP contribution in [0, 0.1) is 0 Å². The number of ether oxygens (including phenoxy) is 2. The number of unbranched alkanes of at least 4 members (excludes halogenated alkanes) is 16. The van der Waals surface area contributed by atoms with Gasteiger partial charge >= 0.3 is 19.8 Å². The molecule has 3 N–H and O–H groups in total. The Bertz CT molecular complexity index is 1140. The van der Waals surface area contributed by atoms with E-state index >= 15 is 0 Å². The minimum atomic E-state index is -4.78. The van der Waals surface area contributed by atoms with E-state index in [2.05, 4.69) is 36.6 Å². The van der Waals surface area contributed by atoms with Gasteiger partial charge in [0.15, 0.2) is 6.10 Å². The Hall–Kier alpha value is -2.55. The second-order valence-electron chi connectivity index (χ2n) is 14.1. The lowest BCUT2D eigenvalue weighted by Gasteiger charge is -2.18. The number of hydrogen-bond donors (Lipinski definition) is 3. The van der Waals surface area contributed by atoms with Gasteiger partial charge in [-0.1, -0.05) is 189 Å². The molecule has 0 rings (SSSR count). The molecule has 55 heavy (non-hydrogen) atoms. The summed E-state index contributed by atoms with van der Waals surface area (Å²) in [6, 6.07) is 0. The third-order valence-corrected chi connectivity index (χ3v) is 9.32. The Morgan fingerprint density at radius 2 is 1.09 bits per heavy atom. The molecule has 0 saturated carbocycles. The maximum absolute atomic E-state index is 12.4. The molecule has 0 aromatic rings. The van der Waals surface area contributed by atoms with Crippen LogP contribution in [0.1, 0.15) is 174 Å². The number of aliphatic hydroxyl groups is 1. The number of phosphoric ester groups is 1. The predicted octanol–water partition coefficient (Wildman–Crippen LogP) is 12.0. The van der Waals surface area contributed by atoms with Crippen LogP contribution in [0.15, 0.2) is 72.9 Å². The molecular formula is C45H77O9P. The lowest BCUT2D eigenvalue weighted by Crippen LogP contribution is -2.29. The van der Waals surface area contributed by atoms with E-state index in [1.54, 1.807) is 6.08 Å². The molecule has 9 nitrogen and oxygen atoms in total. The van der Waals surface area contributed by atoms with E-state index in [4.69, 9.17) is 19.3 Å². The van der Waals surface area contributed by atoms with Crippen molar-refractivity contribution in [3.05, 3.63) is 72.9 Å². The quantitative estimate of drug-likeness (QED) is 0.0183. The molecule has 316 valence electrons. The van der Waals surface area contributed by atoms with Crippen molar-refractivity contribution in [3.63, 3.8) is 0 Å². The average Bonchev–Trinajstić information content (AvgIpc) is 3.15. The minimum absolute atomic E-state index is 0.117. The molecule has 0 aromatic heterocycles. The summed E-state index contributed by atoms with van der Waals surface area (Å²) in [5.41, 5.74) is 0. The molecular weight excluding hydrogens is 715 g/mol. The van der Waals surface area contributed by atoms with Gasteiger partial charge in [0.2, 0.25) is 0 Å². The number of rotatable bonds is 38. The Kier molecular flexibility index (Phi) is 37.8. The van der Waals surface area contributed by atoms with E-state index in [1.165, 1.54) is 83.5 Å². The van der Waals surface area contributed by atoms with Gasteiger partial charge in [-0.15, -0.1) is 0 Å². The van der Waals surface area contributed by atoms with Crippen molar-refractivity contribution in [2.24, 2.45) is 0 Å². The second-order valence-corrected chi connectivity index (χ2v) is 15.4. The standard InChI is InChI=1S/C45H77O9P/c1-3-5-7-9-11-12-13-14-15-16-17-18-19-24-27-31-35-39-45(48)54-43(41-53-55(49,50)51)40-52-44(47)38-34-30-26-23-21-20-22-25-29-33-37-42(46)36-32-28-10-8-6-4-2/h6,8,20-21,25-26,28-30,32-33,37,42-43,46H,3-5,7,9-19,22-24,27,31,34-36,38-41H2,1-2H3,(H2,49,50,51)/b8-6-,21-20-,29-25-,30-26-,32-28-,37-33+/t42?,43-/m1/s1. The fourth-order valence-electron chi connectivity index (χ4n) is 5.66. The summed E-state index contributed by atoms with van der Waals surface area (Å²) in [5, 5.41) is 9.97. The van der Waals surface area contributed by atoms with E-state index in [9.17, 15) is 19.3 Å². The zero-order chi connectivity index (χ0) is 40.5. The summed E-state index contributed by atoms with van der Waals surface area (Å²) in [6.45, 7) is 3.45. The van der Waals surface area contributed by atoms with E-state index < -0.39 is 38.6 Å². The zero-order valence-corrected chi connectivity index (χ0v) is 35.3. The first-order chi connectivity index (χ1) is 26.7. The summed E-state index contributed by atoms with van der Waals surface area (Å²) in [6.07, 6.45) is 48.0. The molecule has 0 radical (unpaired) electrons. The van der Waals surface area contributed by atoms with Gasteiger partial charge in [-0.05, 0) is 44.9 Å². The van der Waals surface area contributed by atoms with Crippen LogP contribution < -0.4 is 0 Å². The van der Waals surface area contributed by atoms with Gasteiger partial charge in [0.1, 0.15) is 6.61 Å². The highest BCUT2D eigenvalue weighted by atomic mass is 31.2. The monoisotopic (exact) mass is 793 g/mol. The molecule has 0 aliphatic heterocycles. The Balaban J connectivity index is 4.09. The van der Waals surface area contributed by atoms with E-state index in [0.29, 0.717) is 25.7 Å². The van der Waals surface area contributed by atoms with Crippen LogP contribution in [0.5, 0.6) is 0 Å². The zero-order valence-electron chi connectivity index (χ0n) is 34.4. The Labute approximate surface area is 334 Å². The van der Waals surface area contributed by atoms with Crippen LogP contribution >= 0.6 is 7.82 Å². The maximum atomic E-state index is 12.4. The molecule has 0 bridgehead atoms. The molecule has 0 aliphatic carbocycles. The second kappa shape index (κ2) is 39.7. The molecule has 0 amide bonds. The molecule has 0 saturated heterocycles. The number of allylic oxidation sites excluding steroid dienone is 10. The predicted molar refractivity (Wildman–Crippen MR) is 226 cm³/mol. The average molecular weight is 793 g/mol. The van der Waals surface area contributed by atoms with Crippen LogP contribution in [0.4, 0.5) is 0 Å². The smallest absolute Gasteiger partial charge is 0.462 e. The molecule has 0 aromatic carbocycles. The van der Waals surface area contributed by atoms with Crippen LogP contribution in [0.2, 0.25) is 0 Å². The number of carbonyl (C=O) groups is 2. The van der Waals surface area contributed by atoms with Crippen molar-refractivity contribution in [2.45, 2.75) is 187 Å². The number of esters is 2. The first-order valence-corrected chi connectivity index (χ1v) is 22.9. The summed E-state index contributed by atoms with van der Waals surface area (Å²) < 4.78 is 26.3. The lowest BCUT2D eigenvalue weighted by atomic mass is 10.0. The van der Waals surface area contributed by atoms with Gasteiger partial charge in [-0.3, -0.25) is 14.1 Å². The first kappa shape index (κ1) is 52.5. The topological polar surface area (TPSA) is 140 Å². The van der Waals surface area contributed by atoms with Crippen molar-refractivity contribution >= 4 is 19.8 Å². The lowest BCUT2D eigenvalue weighted by molar-refractivity contribution is -0.161. The molecule has 0 heterocycles.